The van der Waals surface area contributed by atoms with Crippen LogP contribution in [-0.4, -0.2) is 47.5 Å². The maximum Gasteiger partial charge on any atom is 0.258 e. The molecule has 4 fully saturated rings. The Kier molecular flexibility index (Phi) is 5.18. The van der Waals surface area contributed by atoms with Gasteiger partial charge < -0.3 is 20.3 Å². The fraction of sp³-hybridized carbons (Fsp3) is 0.640. The van der Waals surface area contributed by atoms with Crippen LogP contribution in [0.1, 0.15) is 69.2 Å². The molecule has 3 aliphatic carbocycles. The Morgan fingerprint density at radius 1 is 1.22 bits per heavy atom. The van der Waals surface area contributed by atoms with Crippen molar-refractivity contribution in [1.29, 1.82) is 0 Å². The van der Waals surface area contributed by atoms with Crippen LogP contribution in [0.15, 0.2) is 24.3 Å². The van der Waals surface area contributed by atoms with Crippen LogP contribution in [0.4, 0.5) is 0 Å². The van der Waals surface area contributed by atoms with Crippen LogP contribution < -0.4 is 15.4 Å². The summed E-state index contributed by atoms with van der Waals surface area (Å²) < 4.78 is 6.43. The van der Waals surface area contributed by atoms with Gasteiger partial charge in [-0.1, -0.05) is 19.1 Å². The maximum atomic E-state index is 13.3. The van der Waals surface area contributed by atoms with Crippen molar-refractivity contribution >= 4 is 17.7 Å². The Hall–Kier alpha value is -2.57. The molecule has 6 rings (SSSR count). The molecule has 7 nitrogen and oxygen atoms in total. The van der Waals surface area contributed by atoms with Crippen LogP contribution in [0.2, 0.25) is 0 Å². The normalized spacial score (nSPS) is 34.3. The standard InChI is InChI=1S/C25H33N3O4/c1-16(23(31)28-12-6-3-7-13-28)26-22(30)19-14-17-10-11-24(19,2)15-25(17)27-21(29)18-8-4-5-9-20(18)32-25/h4-5,8-9,16-17,19H,3,6-7,10-15H2,1-2H3,(H,26,30)(H,27,29)/t16-,17+,19+,24-,25+/m0/s1. The van der Waals surface area contributed by atoms with E-state index in [1.54, 1.807) is 13.0 Å². The van der Waals surface area contributed by atoms with Gasteiger partial charge in [0.15, 0.2) is 5.72 Å². The van der Waals surface area contributed by atoms with E-state index in [1.165, 1.54) is 0 Å². The fourth-order valence-corrected chi connectivity index (χ4v) is 6.42. The molecule has 172 valence electrons. The summed E-state index contributed by atoms with van der Waals surface area (Å²) in [7, 11) is 0. The third-order valence-electron chi connectivity index (χ3n) is 8.21. The van der Waals surface area contributed by atoms with Gasteiger partial charge in [-0.3, -0.25) is 14.4 Å². The van der Waals surface area contributed by atoms with E-state index in [-0.39, 0.29) is 35.0 Å². The molecule has 7 heteroatoms. The van der Waals surface area contributed by atoms with Crippen molar-refractivity contribution < 1.29 is 19.1 Å². The SMILES string of the molecule is C[C@H](NC(=O)[C@H]1C[C@H]2CC[C@@]1(C)C[C@]21NC(=O)c2ccccc2O1)C(=O)N1CCCCC1. The summed E-state index contributed by atoms with van der Waals surface area (Å²) in [6.07, 6.45) is 6.29. The number of likely N-dealkylation sites (tertiary alicyclic amines) is 1. The van der Waals surface area contributed by atoms with Crippen molar-refractivity contribution in [2.75, 3.05) is 13.1 Å². The lowest BCUT2D eigenvalue weighted by atomic mass is 9.52. The van der Waals surface area contributed by atoms with E-state index >= 15 is 0 Å². The molecule has 1 saturated heterocycles. The summed E-state index contributed by atoms with van der Waals surface area (Å²) in [5, 5.41) is 6.17. The Morgan fingerprint density at radius 2 is 1.97 bits per heavy atom. The van der Waals surface area contributed by atoms with Gasteiger partial charge >= 0.3 is 0 Å². The lowest BCUT2D eigenvalue weighted by Crippen LogP contribution is -2.69. The van der Waals surface area contributed by atoms with Gasteiger partial charge in [-0.2, -0.15) is 0 Å². The number of fused-ring (bicyclic) bond motifs is 3. The zero-order valence-corrected chi connectivity index (χ0v) is 19.0. The number of hydrogen-bond acceptors (Lipinski definition) is 4. The van der Waals surface area contributed by atoms with Crippen molar-refractivity contribution in [2.24, 2.45) is 17.3 Å². The lowest BCUT2D eigenvalue weighted by Gasteiger charge is -2.59. The summed E-state index contributed by atoms with van der Waals surface area (Å²) in [5.74, 6) is 0.345. The molecule has 3 saturated carbocycles. The number of nitrogens with zero attached hydrogens (tertiary/aromatic N) is 1. The average molecular weight is 440 g/mol. The first-order valence-electron chi connectivity index (χ1n) is 12.0. The fourth-order valence-electron chi connectivity index (χ4n) is 6.42. The van der Waals surface area contributed by atoms with E-state index < -0.39 is 11.8 Å². The highest BCUT2D eigenvalue weighted by molar-refractivity contribution is 5.98. The molecule has 3 amide bonds. The molecule has 0 unspecified atom stereocenters. The Morgan fingerprint density at radius 3 is 2.72 bits per heavy atom. The summed E-state index contributed by atoms with van der Waals surface area (Å²) >= 11 is 0. The molecule has 5 aliphatic rings. The second kappa shape index (κ2) is 7.78. The molecule has 1 aromatic carbocycles. The highest BCUT2D eigenvalue weighted by atomic mass is 16.5. The minimum absolute atomic E-state index is 0.0140. The molecule has 2 N–H and O–H groups in total. The van der Waals surface area contributed by atoms with Crippen molar-refractivity contribution in [2.45, 2.75) is 70.6 Å². The monoisotopic (exact) mass is 439 g/mol. The van der Waals surface area contributed by atoms with Crippen LogP contribution in [0.25, 0.3) is 0 Å². The van der Waals surface area contributed by atoms with Crippen LogP contribution in [0, 0.1) is 17.3 Å². The second-order valence-corrected chi connectivity index (χ2v) is 10.4. The highest BCUT2D eigenvalue weighted by Gasteiger charge is 2.62. The highest BCUT2D eigenvalue weighted by Crippen LogP contribution is 2.58. The van der Waals surface area contributed by atoms with E-state index in [4.69, 9.17) is 4.74 Å². The molecule has 1 aromatic rings. The first-order valence-corrected chi connectivity index (χ1v) is 12.0. The van der Waals surface area contributed by atoms with Crippen molar-refractivity contribution in [3.63, 3.8) is 0 Å². The Bertz CT molecular complexity index is 943. The summed E-state index contributed by atoms with van der Waals surface area (Å²) in [5.41, 5.74) is -0.499. The predicted octanol–water partition coefficient (Wildman–Crippen LogP) is 2.85. The molecule has 1 spiro atoms. The zero-order valence-electron chi connectivity index (χ0n) is 19.0. The van der Waals surface area contributed by atoms with Gasteiger partial charge in [-0.05, 0) is 63.0 Å². The number of rotatable bonds is 3. The topological polar surface area (TPSA) is 87.7 Å². The van der Waals surface area contributed by atoms with E-state index in [2.05, 4.69) is 17.6 Å². The largest absolute Gasteiger partial charge is 0.467 e. The third-order valence-corrected chi connectivity index (χ3v) is 8.21. The van der Waals surface area contributed by atoms with E-state index in [1.807, 2.05) is 23.1 Å². The molecule has 0 aromatic heterocycles. The number of ether oxygens (including phenoxy) is 1. The van der Waals surface area contributed by atoms with Gasteiger partial charge in [-0.15, -0.1) is 0 Å². The number of piperidine rings is 1. The van der Waals surface area contributed by atoms with E-state index in [0.29, 0.717) is 24.2 Å². The number of benzene rings is 1. The third kappa shape index (κ3) is 3.46. The average Bonchev–Trinajstić information content (AvgIpc) is 2.78. The number of amides is 3. The van der Waals surface area contributed by atoms with Gasteiger partial charge in [-0.25, -0.2) is 0 Å². The van der Waals surface area contributed by atoms with E-state index in [0.717, 1.165) is 45.2 Å². The van der Waals surface area contributed by atoms with E-state index in [9.17, 15) is 14.4 Å². The smallest absolute Gasteiger partial charge is 0.258 e. The zero-order chi connectivity index (χ0) is 22.5. The van der Waals surface area contributed by atoms with Crippen molar-refractivity contribution in [1.82, 2.24) is 15.5 Å². The number of nitrogens with one attached hydrogen (secondary N) is 2. The molecular weight excluding hydrogens is 406 g/mol. The molecule has 0 radical (unpaired) electrons. The van der Waals surface area contributed by atoms with Gasteiger partial charge in [0.2, 0.25) is 11.8 Å². The molecule has 2 aliphatic heterocycles. The van der Waals surface area contributed by atoms with Gasteiger partial charge in [0, 0.05) is 31.3 Å². The first kappa shape index (κ1) is 21.3. The number of para-hydroxylation sites is 1. The van der Waals surface area contributed by atoms with Crippen LogP contribution in [0.5, 0.6) is 5.75 Å². The van der Waals surface area contributed by atoms with Crippen LogP contribution in [0.3, 0.4) is 0 Å². The van der Waals surface area contributed by atoms with Crippen LogP contribution >= 0.6 is 0 Å². The van der Waals surface area contributed by atoms with Crippen LogP contribution in [-0.2, 0) is 9.59 Å². The number of hydrogen-bond donors (Lipinski definition) is 2. The summed E-state index contributed by atoms with van der Waals surface area (Å²) in [4.78, 5) is 40.8. The predicted molar refractivity (Wildman–Crippen MR) is 119 cm³/mol. The number of carbonyl (C=O) groups is 3. The molecule has 32 heavy (non-hydrogen) atoms. The molecule has 5 atom stereocenters. The molecular formula is C25H33N3O4. The maximum absolute atomic E-state index is 13.3. The van der Waals surface area contributed by atoms with Gasteiger partial charge in [0.05, 0.1) is 5.56 Å². The van der Waals surface area contributed by atoms with Gasteiger partial charge in [0.25, 0.3) is 5.91 Å². The Labute approximate surface area is 189 Å². The minimum atomic E-state index is -0.759. The number of carbonyl (C=O) groups excluding carboxylic acids is 3. The van der Waals surface area contributed by atoms with Crippen molar-refractivity contribution in [3.8, 4) is 5.75 Å². The van der Waals surface area contributed by atoms with Gasteiger partial charge in [0.1, 0.15) is 11.8 Å². The molecule has 2 heterocycles. The summed E-state index contributed by atoms with van der Waals surface area (Å²) in [6, 6.07) is 6.82. The minimum Gasteiger partial charge on any atom is -0.467 e. The van der Waals surface area contributed by atoms with Crippen molar-refractivity contribution in [3.05, 3.63) is 29.8 Å². The quantitative estimate of drug-likeness (QED) is 0.758. The molecule has 2 bridgehead atoms. The first-order chi connectivity index (χ1) is 15.3. The lowest BCUT2D eigenvalue weighted by molar-refractivity contribution is -0.168. The summed E-state index contributed by atoms with van der Waals surface area (Å²) in [6.45, 7) is 5.48. The Balaban J connectivity index is 1.30. The second-order valence-electron chi connectivity index (χ2n) is 10.4.